The van der Waals surface area contributed by atoms with Gasteiger partial charge in [0, 0.05) is 17.7 Å². The molecule has 0 aliphatic rings. The second-order valence-corrected chi connectivity index (χ2v) is 7.81. The van der Waals surface area contributed by atoms with E-state index in [-0.39, 0.29) is 10.6 Å². The van der Waals surface area contributed by atoms with Crippen LogP contribution in [0.25, 0.3) is 22.3 Å². The van der Waals surface area contributed by atoms with Gasteiger partial charge in [-0.05, 0) is 28.1 Å². The van der Waals surface area contributed by atoms with E-state index in [1.54, 1.807) is 19.2 Å². The standard InChI is InChI=1S/C26H22NO4P/c1-30-20-15-23(31-17-18-9-4-2-5-10-18)26(24(32)16-20)25-21(19-11-6-3-7-12-19)13-8-14-22(25)27(28)29/h2-16H,17,32H2,1H3. The van der Waals surface area contributed by atoms with Crippen LogP contribution in [0.1, 0.15) is 5.56 Å². The minimum absolute atomic E-state index is 0.0183. The lowest BCUT2D eigenvalue weighted by Crippen LogP contribution is -2.07. The van der Waals surface area contributed by atoms with E-state index < -0.39 is 0 Å². The maximum atomic E-state index is 12.0. The van der Waals surface area contributed by atoms with E-state index in [2.05, 4.69) is 9.24 Å². The smallest absolute Gasteiger partial charge is 0.277 e. The van der Waals surface area contributed by atoms with Crippen molar-refractivity contribution < 1.29 is 14.4 Å². The molecule has 0 radical (unpaired) electrons. The highest BCUT2D eigenvalue weighted by Crippen LogP contribution is 2.44. The molecule has 0 spiro atoms. The minimum Gasteiger partial charge on any atom is -0.497 e. The quantitative estimate of drug-likeness (QED) is 0.199. The largest absolute Gasteiger partial charge is 0.497 e. The Morgan fingerprint density at radius 3 is 2.22 bits per heavy atom. The minimum atomic E-state index is -0.350. The lowest BCUT2D eigenvalue weighted by atomic mass is 9.92. The van der Waals surface area contributed by atoms with E-state index in [1.807, 2.05) is 72.8 Å². The van der Waals surface area contributed by atoms with Gasteiger partial charge in [0.25, 0.3) is 5.69 Å². The summed E-state index contributed by atoms with van der Waals surface area (Å²) < 4.78 is 11.7. The van der Waals surface area contributed by atoms with E-state index in [0.717, 1.165) is 22.0 Å². The molecule has 0 N–H and O–H groups in total. The van der Waals surface area contributed by atoms with Crippen LogP contribution < -0.4 is 14.8 Å². The van der Waals surface area contributed by atoms with E-state index in [4.69, 9.17) is 9.47 Å². The zero-order valence-electron chi connectivity index (χ0n) is 17.5. The Bertz CT molecular complexity index is 1240. The van der Waals surface area contributed by atoms with Gasteiger partial charge in [-0.2, -0.15) is 0 Å². The molecular weight excluding hydrogens is 421 g/mol. The lowest BCUT2D eigenvalue weighted by molar-refractivity contribution is -0.384. The third-order valence-corrected chi connectivity index (χ3v) is 5.61. The summed E-state index contributed by atoms with van der Waals surface area (Å²) in [5.74, 6) is 1.13. The van der Waals surface area contributed by atoms with Crippen molar-refractivity contribution in [1.29, 1.82) is 0 Å². The molecule has 0 aromatic heterocycles. The van der Waals surface area contributed by atoms with Crippen molar-refractivity contribution in [2.24, 2.45) is 0 Å². The molecule has 0 amide bonds. The molecule has 1 atom stereocenters. The molecule has 4 rings (SSSR count). The van der Waals surface area contributed by atoms with Crippen LogP contribution >= 0.6 is 9.24 Å². The molecular formula is C26H22NO4P. The van der Waals surface area contributed by atoms with Gasteiger partial charge in [0.2, 0.25) is 0 Å². The van der Waals surface area contributed by atoms with Gasteiger partial charge >= 0.3 is 0 Å². The Morgan fingerprint density at radius 2 is 1.56 bits per heavy atom. The molecule has 160 valence electrons. The molecule has 0 heterocycles. The molecule has 0 aliphatic heterocycles. The molecule has 0 saturated carbocycles. The Balaban J connectivity index is 1.93. The van der Waals surface area contributed by atoms with Crippen molar-refractivity contribution in [3.8, 4) is 33.8 Å². The van der Waals surface area contributed by atoms with Gasteiger partial charge in [0.1, 0.15) is 18.1 Å². The van der Waals surface area contributed by atoms with Crippen molar-refractivity contribution in [3.63, 3.8) is 0 Å². The van der Waals surface area contributed by atoms with Crippen LogP contribution in [0.4, 0.5) is 5.69 Å². The van der Waals surface area contributed by atoms with Crippen LogP contribution in [0, 0.1) is 10.1 Å². The number of nitro groups is 1. The van der Waals surface area contributed by atoms with Crippen LogP contribution in [0.5, 0.6) is 11.5 Å². The molecule has 6 heteroatoms. The predicted molar refractivity (Wildman–Crippen MR) is 131 cm³/mol. The topological polar surface area (TPSA) is 61.6 Å². The zero-order valence-corrected chi connectivity index (χ0v) is 18.7. The zero-order chi connectivity index (χ0) is 22.5. The number of hydrogen-bond donors (Lipinski definition) is 0. The average Bonchev–Trinajstić information content (AvgIpc) is 2.83. The van der Waals surface area contributed by atoms with Gasteiger partial charge in [-0.1, -0.05) is 72.8 Å². The molecule has 5 nitrogen and oxygen atoms in total. The van der Waals surface area contributed by atoms with E-state index in [1.165, 1.54) is 6.07 Å². The summed E-state index contributed by atoms with van der Waals surface area (Å²) in [5, 5.41) is 12.8. The Hall–Kier alpha value is -3.69. The fourth-order valence-corrected chi connectivity index (χ4v) is 4.11. The van der Waals surface area contributed by atoms with Gasteiger partial charge < -0.3 is 9.47 Å². The summed E-state index contributed by atoms with van der Waals surface area (Å²) in [4.78, 5) is 11.7. The average molecular weight is 443 g/mol. The van der Waals surface area contributed by atoms with Gasteiger partial charge in [0.15, 0.2) is 0 Å². The predicted octanol–water partition coefficient (Wildman–Crippen LogP) is 6.02. The third kappa shape index (κ3) is 4.48. The molecule has 4 aromatic rings. The number of rotatable bonds is 7. The molecule has 1 unspecified atom stereocenters. The maximum Gasteiger partial charge on any atom is 0.277 e. The van der Waals surface area contributed by atoms with Crippen LogP contribution in [0.2, 0.25) is 0 Å². The molecule has 0 bridgehead atoms. The number of methoxy groups -OCH3 is 1. The number of nitro benzene ring substituents is 1. The van der Waals surface area contributed by atoms with Crippen LogP contribution in [-0.4, -0.2) is 12.0 Å². The summed E-state index contributed by atoms with van der Waals surface area (Å²) in [6, 6.07) is 28.2. The second kappa shape index (κ2) is 9.63. The first kappa shape index (κ1) is 21.5. The van der Waals surface area contributed by atoms with Gasteiger partial charge in [-0.15, -0.1) is 9.24 Å². The van der Waals surface area contributed by atoms with E-state index >= 15 is 0 Å². The van der Waals surface area contributed by atoms with E-state index in [9.17, 15) is 10.1 Å². The van der Waals surface area contributed by atoms with Gasteiger partial charge in [0.05, 0.1) is 17.6 Å². The first-order chi connectivity index (χ1) is 15.6. The Kier molecular flexibility index (Phi) is 6.48. The normalized spacial score (nSPS) is 10.6. The van der Waals surface area contributed by atoms with E-state index in [0.29, 0.717) is 29.2 Å². The first-order valence-corrected chi connectivity index (χ1v) is 10.6. The second-order valence-electron chi connectivity index (χ2n) is 7.19. The molecule has 32 heavy (non-hydrogen) atoms. The van der Waals surface area contributed by atoms with Crippen LogP contribution in [0.3, 0.4) is 0 Å². The van der Waals surface area contributed by atoms with Gasteiger partial charge in [-0.3, -0.25) is 10.1 Å². The highest BCUT2D eigenvalue weighted by atomic mass is 31.0. The summed E-state index contributed by atoms with van der Waals surface area (Å²) >= 11 is 0. The Labute approximate surface area is 189 Å². The number of benzene rings is 4. The highest BCUT2D eigenvalue weighted by molar-refractivity contribution is 7.28. The number of nitrogens with zero attached hydrogens (tertiary/aromatic N) is 1. The summed E-state index contributed by atoms with van der Waals surface area (Å²) in [5.41, 5.74) is 3.83. The fourth-order valence-electron chi connectivity index (χ4n) is 3.66. The monoisotopic (exact) mass is 443 g/mol. The summed E-state index contributed by atoms with van der Waals surface area (Å²) in [7, 11) is 4.25. The molecule has 0 aliphatic carbocycles. The van der Waals surface area contributed by atoms with Crippen molar-refractivity contribution in [3.05, 3.63) is 107 Å². The van der Waals surface area contributed by atoms with Crippen molar-refractivity contribution in [2.45, 2.75) is 6.61 Å². The summed E-state index contributed by atoms with van der Waals surface area (Å²) in [6.07, 6.45) is 0. The third-order valence-electron chi connectivity index (χ3n) is 5.15. The maximum absolute atomic E-state index is 12.0. The van der Waals surface area contributed by atoms with Crippen LogP contribution in [0.15, 0.2) is 91.0 Å². The SMILES string of the molecule is COc1cc(P)c(-c2c(-c3ccccc3)cccc2[N+](=O)[O-])c(OCc2ccccc2)c1. The Morgan fingerprint density at radius 1 is 0.875 bits per heavy atom. The first-order valence-electron chi connectivity index (χ1n) is 10.1. The number of hydrogen-bond acceptors (Lipinski definition) is 4. The van der Waals surface area contributed by atoms with Crippen molar-refractivity contribution in [2.75, 3.05) is 7.11 Å². The van der Waals surface area contributed by atoms with Crippen molar-refractivity contribution in [1.82, 2.24) is 0 Å². The number of ether oxygens (including phenoxy) is 2. The molecule has 4 aromatic carbocycles. The van der Waals surface area contributed by atoms with Crippen LogP contribution in [-0.2, 0) is 6.61 Å². The van der Waals surface area contributed by atoms with Gasteiger partial charge in [-0.25, -0.2) is 0 Å². The fraction of sp³-hybridized carbons (Fsp3) is 0.0769. The highest BCUT2D eigenvalue weighted by Gasteiger charge is 2.25. The molecule has 0 fully saturated rings. The summed E-state index contributed by atoms with van der Waals surface area (Å²) in [6.45, 7) is 0.326. The molecule has 0 saturated heterocycles. The van der Waals surface area contributed by atoms with Crippen molar-refractivity contribution >= 4 is 20.2 Å². The lowest BCUT2D eigenvalue weighted by Gasteiger charge is -2.18.